The van der Waals surface area contributed by atoms with Crippen LogP contribution in [0.4, 0.5) is 0 Å². The summed E-state index contributed by atoms with van der Waals surface area (Å²) in [5.74, 6) is 0.767. The van der Waals surface area contributed by atoms with Crippen LogP contribution in [0.15, 0.2) is 48.5 Å². The summed E-state index contributed by atoms with van der Waals surface area (Å²) in [6, 6.07) is 16.5. The van der Waals surface area contributed by atoms with Gasteiger partial charge in [0.1, 0.15) is 6.29 Å². The highest BCUT2D eigenvalue weighted by atomic mass is 16.1. The highest BCUT2D eigenvalue weighted by molar-refractivity contribution is 5.78. The second-order valence-corrected chi connectivity index (χ2v) is 6.38. The summed E-state index contributed by atoms with van der Waals surface area (Å²) in [4.78, 5) is 13.7. The summed E-state index contributed by atoms with van der Waals surface area (Å²) < 4.78 is 0. The molecular weight excluding hydrogens is 270 g/mol. The van der Waals surface area contributed by atoms with E-state index in [-0.39, 0.29) is 0 Å². The Bertz CT molecular complexity index is 635. The van der Waals surface area contributed by atoms with E-state index in [1.807, 2.05) is 12.1 Å². The molecule has 114 valence electrons. The first-order chi connectivity index (χ1) is 10.8. The third kappa shape index (κ3) is 3.45. The number of nitrogens with zero attached hydrogens (tertiary/aromatic N) is 1. The fourth-order valence-corrected chi connectivity index (χ4v) is 3.39. The largest absolute Gasteiger partial charge is 0.299 e. The average Bonchev–Trinajstić information content (AvgIpc) is 2.55. The summed E-state index contributed by atoms with van der Waals surface area (Å²) >= 11 is 0. The fraction of sp³-hybridized carbons (Fsp3) is 0.350. The van der Waals surface area contributed by atoms with Crippen LogP contribution in [0.5, 0.6) is 0 Å². The number of carbonyl (C=O) groups excluding carboxylic acids is 1. The van der Waals surface area contributed by atoms with Crippen LogP contribution in [0.2, 0.25) is 0 Å². The van der Waals surface area contributed by atoms with Crippen molar-refractivity contribution in [3.8, 4) is 11.1 Å². The summed E-state index contributed by atoms with van der Waals surface area (Å²) in [6.45, 7) is 5.56. The predicted octanol–water partition coefficient (Wildman–Crippen LogP) is 4.40. The number of hydrogen-bond acceptors (Lipinski definition) is 2. The Morgan fingerprint density at radius 3 is 2.73 bits per heavy atom. The minimum Gasteiger partial charge on any atom is -0.299 e. The van der Waals surface area contributed by atoms with E-state index in [0.29, 0.717) is 0 Å². The lowest BCUT2D eigenvalue weighted by molar-refractivity contribution is 0.112. The van der Waals surface area contributed by atoms with E-state index in [4.69, 9.17) is 0 Å². The molecule has 0 spiro atoms. The highest BCUT2D eigenvalue weighted by Gasteiger charge is 2.18. The molecule has 1 aliphatic heterocycles. The van der Waals surface area contributed by atoms with Gasteiger partial charge in [-0.3, -0.25) is 9.69 Å². The van der Waals surface area contributed by atoms with E-state index in [1.165, 1.54) is 29.5 Å². The van der Waals surface area contributed by atoms with E-state index >= 15 is 0 Å². The lowest BCUT2D eigenvalue weighted by Crippen LogP contribution is -2.33. The van der Waals surface area contributed by atoms with Crippen molar-refractivity contribution in [1.29, 1.82) is 0 Å². The summed E-state index contributed by atoms with van der Waals surface area (Å²) in [6.07, 6.45) is 3.54. The standard InChI is InChI=1S/C20H23NO/c1-16-6-5-11-21(13-16)14-19-12-17(15-22)9-10-20(19)18-7-3-2-4-8-18/h2-4,7-10,12,15-16H,5-6,11,13-14H2,1H3. The quantitative estimate of drug-likeness (QED) is 0.779. The molecule has 1 saturated heterocycles. The maximum atomic E-state index is 11.1. The molecule has 2 nitrogen and oxygen atoms in total. The van der Waals surface area contributed by atoms with E-state index < -0.39 is 0 Å². The van der Waals surface area contributed by atoms with Crippen molar-refractivity contribution in [2.75, 3.05) is 13.1 Å². The lowest BCUT2D eigenvalue weighted by Gasteiger charge is -2.31. The number of carbonyl (C=O) groups is 1. The Labute approximate surface area is 132 Å². The molecule has 0 saturated carbocycles. The van der Waals surface area contributed by atoms with Gasteiger partial charge in [-0.05, 0) is 48.1 Å². The van der Waals surface area contributed by atoms with Gasteiger partial charge in [-0.25, -0.2) is 0 Å². The SMILES string of the molecule is CC1CCCN(Cc2cc(C=O)ccc2-c2ccccc2)C1. The van der Waals surface area contributed by atoms with Crippen LogP contribution in [-0.4, -0.2) is 24.3 Å². The molecule has 0 N–H and O–H groups in total. The van der Waals surface area contributed by atoms with Crippen LogP contribution in [0.25, 0.3) is 11.1 Å². The van der Waals surface area contributed by atoms with Gasteiger partial charge < -0.3 is 0 Å². The Hall–Kier alpha value is -1.93. The van der Waals surface area contributed by atoms with E-state index in [0.717, 1.165) is 37.4 Å². The molecule has 3 rings (SSSR count). The van der Waals surface area contributed by atoms with Gasteiger partial charge in [-0.15, -0.1) is 0 Å². The Kier molecular flexibility index (Phi) is 4.69. The number of piperidine rings is 1. The molecule has 0 radical (unpaired) electrons. The van der Waals surface area contributed by atoms with Gasteiger partial charge in [0.05, 0.1) is 0 Å². The Morgan fingerprint density at radius 2 is 2.00 bits per heavy atom. The van der Waals surface area contributed by atoms with Gasteiger partial charge in [0.15, 0.2) is 0 Å². The van der Waals surface area contributed by atoms with Gasteiger partial charge in [0.25, 0.3) is 0 Å². The first-order valence-corrected chi connectivity index (χ1v) is 8.12. The van der Waals surface area contributed by atoms with Crippen LogP contribution >= 0.6 is 0 Å². The van der Waals surface area contributed by atoms with Gasteiger partial charge >= 0.3 is 0 Å². The fourth-order valence-electron chi connectivity index (χ4n) is 3.39. The number of rotatable bonds is 4. The molecule has 0 amide bonds. The van der Waals surface area contributed by atoms with E-state index in [9.17, 15) is 4.79 Å². The van der Waals surface area contributed by atoms with Crippen LogP contribution < -0.4 is 0 Å². The molecular formula is C20H23NO. The van der Waals surface area contributed by atoms with Crippen molar-refractivity contribution >= 4 is 6.29 Å². The van der Waals surface area contributed by atoms with Crippen molar-refractivity contribution in [2.24, 2.45) is 5.92 Å². The maximum Gasteiger partial charge on any atom is 0.150 e. The van der Waals surface area contributed by atoms with E-state index in [1.54, 1.807) is 0 Å². The van der Waals surface area contributed by atoms with Crippen LogP contribution in [0.3, 0.4) is 0 Å². The normalized spacial score (nSPS) is 19.0. The molecule has 0 aliphatic carbocycles. The van der Waals surface area contributed by atoms with Crippen molar-refractivity contribution in [1.82, 2.24) is 4.90 Å². The minimum absolute atomic E-state index is 0.764. The second kappa shape index (κ2) is 6.89. The molecule has 2 aromatic rings. The number of aldehydes is 1. The highest BCUT2D eigenvalue weighted by Crippen LogP contribution is 2.27. The van der Waals surface area contributed by atoms with Gasteiger partial charge in [-0.2, -0.15) is 0 Å². The third-order valence-corrected chi connectivity index (χ3v) is 4.49. The summed E-state index contributed by atoms with van der Waals surface area (Å²) in [7, 11) is 0. The van der Waals surface area contributed by atoms with Crippen molar-refractivity contribution in [2.45, 2.75) is 26.3 Å². The average molecular weight is 293 g/mol. The second-order valence-electron chi connectivity index (χ2n) is 6.38. The summed E-state index contributed by atoms with van der Waals surface area (Å²) in [5.41, 5.74) is 4.48. The minimum atomic E-state index is 0.764. The van der Waals surface area contributed by atoms with Crippen molar-refractivity contribution in [3.63, 3.8) is 0 Å². The molecule has 1 atom stereocenters. The maximum absolute atomic E-state index is 11.1. The van der Waals surface area contributed by atoms with Crippen LogP contribution in [-0.2, 0) is 6.54 Å². The molecule has 1 heterocycles. The molecule has 1 fully saturated rings. The number of benzene rings is 2. The Morgan fingerprint density at radius 1 is 1.18 bits per heavy atom. The number of hydrogen-bond donors (Lipinski definition) is 0. The lowest BCUT2D eigenvalue weighted by atomic mass is 9.95. The molecule has 22 heavy (non-hydrogen) atoms. The number of likely N-dealkylation sites (tertiary alicyclic amines) is 1. The first kappa shape index (κ1) is 15.0. The van der Waals surface area contributed by atoms with Crippen LogP contribution in [0, 0.1) is 5.92 Å². The van der Waals surface area contributed by atoms with Crippen molar-refractivity contribution < 1.29 is 4.79 Å². The molecule has 2 aromatic carbocycles. The monoisotopic (exact) mass is 293 g/mol. The van der Waals surface area contributed by atoms with Gasteiger partial charge in [0.2, 0.25) is 0 Å². The third-order valence-electron chi connectivity index (χ3n) is 4.49. The zero-order chi connectivity index (χ0) is 15.4. The zero-order valence-corrected chi connectivity index (χ0v) is 13.2. The topological polar surface area (TPSA) is 20.3 Å². The molecule has 0 bridgehead atoms. The van der Waals surface area contributed by atoms with Crippen molar-refractivity contribution in [3.05, 3.63) is 59.7 Å². The molecule has 1 aliphatic rings. The predicted molar refractivity (Wildman–Crippen MR) is 90.9 cm³/mol. The molecule has 1 unspecified atom stereocenters. The van der Waals surface area contributed by atoms with Crippen LogP contribution in [0.1, 0.15) is 35.7 Å². The Balaban J connectivity index is 1.91. The molecule has 0 aromatic heterocycles. The van der Waals surface area contributed by atoms with Gasteiger partial charge in [0, 0.05) is 18.7 Å². The summed E-state index contributed by atoms with van der Waals surface area (Å²) in [5, 5.41) is 0. The van der Waals surface area contributed by atoms with E-state index in [2.05, 4.69) is 48.2 Å². The van der Waals surface area contributed by atoms with Gasteiger partial charge in [-0.1, -0.05) is 49.4 Å². The molecule has 2 heteroatoms. The zero-order valence-electron chi connectivity index (χ0n) is 13.2. The smallest absolute Gasteiger partial charge is 0.150 e. The first-order valence-electron chi connectivity index (χ1n) is 8.12.